The third kappa shape index (κ3) is 4.75. The lowest BCUT2D eigenvalue weighted by atomic mass is 10.1. The van der Waals surface area contributed by atoms with Crippen LogP contribution in [0.4, 0.5) is 0 Å². The predicted octanol–water partition coefficient (Wildman–Crippen LogP) is 1.75. The summed E-state index contributed by atoms with van der Waals surface area (Å²) in [5, 5.41) is 2.88. The van der Waals surface area contributed by atoms with Crippen molar-refractivity contribution in [2.45, 2.75) is 39.3 Å². The zero-order chi connectivity index (χ0) is 13.5. The van der Waals surface area contributed by atoms with Gasteiger partial charge in [0.1, 0.15) is 5.75 Å². The van der Waals surface area contributed by atoms with Crippen LogP contribution >= 0.6 is 0 Å². The van der Waals surface area contributed by atoms with Gasteiger partial charge in [-0.25, -0.2) is 0 Å². The van der Waals surface area contributed by atoms with Crippen LogP contribution in [0.15, 0.2) is 18.2 Å². The summed E-state index contributed by atoms with van der Waals surface area (Å²) in [4.78, 5) is 11.5. The molecule has 4 heteroatoms. The van der Waals surface area contributed by atoms with Crippen molar-refractivity contribution in [1.82, 2.24) is 5.32 Å². The van der Waals surface area contributed by atoms with Gasteiger partial charge in [-0.3, -0.25) is 4.79 Å². The van der Waals surface area contributed by atoms with Crippen molar-refractivity contribution < 1.29 is 9.53 Å². The van der Waals surface area contributed by atoms with Crippen molar-refractivity contribution in [3.63, 3.8) is 0 Å². The molecule has 0 aliphatic heterocycles. The molecule has 0 fully saturated rings. The minimum atomic E-state index is 0.0341. The molecule has 1 aromatic carbocycles. The van der Waals surface area contributed by atoms with Crippen molar-refractivity contribution in [3.8, 4) is 5.75 Å². The molecule has 0 spiro atoms. The number of carbonyl (C=O) groups excluding carboxylic acids is 1. The molecule has 1 atom stereocenters. The van der Waals surface area contributed by atoms with E-state index in [0.717, 1.165) is 16.9 Å². The van der Waals surface area contributed by atoms with Crippen LogP contribution in [0, 0.1) is 6.92 Å². The van der Waals surface area contributed by atoms with Gasteiger partial charge in [0.25, 0.3) is 0 Å². The number of hydrogen-bond donors (Lipinski definition) is 2. The van der Waals surface area contributed by atoms with Gasteiger partial charge < -0.3 is 15.8 Å². The van der Waals surface area contributed by atoms with Gasteiger partial charge in [-0.15, -0.1) is 0 Å². The molecule has 1 aromatic rings. The average Bonchev–Trinajstić information content (AvgIpc) is 2.35. The highest BCUT2D eigenvalue weighted by Gasteiger charge is 2.05. The van der Waals surface area contributed by atoms with Crippen molar-refractivity contribution in [2.75, 3.05) is 7.11 Å². The maximum absolute atomic E-state index is 11.5. The molecule has 4 nitrogen and oxygen atoms in total. The SMILES string of the molecule is COc1cc(CNC(=O)CCC(C)N)ccc1C. The molecule has 0 radical (unpaired) electrons. The van der Waals surface area contributed by atoms with Crippen molar-refractivity contribution in [2.24, 2.45) is 5.73 Å². The molecule has 18 heavy (non-hydrogen) atoms. The number of rotatable bonds is 6. The Hall–Kier alpha value is -1.55. The number of amides is 1. The van der Waals surface area contributed by atoms with E-state index in [2.05, 4.69) is 5.32 Å². The quantitative estimate of drug-likeness (QED) is 0.808. The van der Waals surface area contributed by atoms with Gasteiger partial charge in [0.15, 0.2) is 0 Å². The molecule has 0 aliphatic rings. The van der Waals surface area contributed by atoms with Crippen LogP contribution in [-0.2, 0) is 11.3 Å². The topological polar surface area (TPSA) is 64.3 Å². The Labute approximate surface area is 109 Å². The second-order valence-electron chi connectivity index (χ2n) is 4.60. The fourth-order valence-corrected chi connectivity index (χ4v) is 1.62. The van der Waals surface area contributed by atoms with Crippen molar-refractivity contribution in [1.29, 1.82) is 0 Å². The number of ether oxygens (including phenoxy) is 1. The van der Waals surface area contributed by atoms with Gasteiger partial charge in [0.05, 0.1) is 7.11 Å². The first kappa shape index (κ1) is 14.5. The first-order valence-corrected chi connectivity index (χ1v) is 6.18. The second kappa shape index (κ2) is 7.01. The Morgan fingerprint density at radius 3 is 2.83 bits per heavy atom. The Morgan fingerprint density at radius 2 is 2.22 bits per heavy atom. The smallest absolute Gasteiger partial charge is 0.220 e. The molecule has 0 heterocycles. The first-order chi connectivity index (χ1) is 8.52. The summed E-state index contributed by atoms with van der Waals surface area (Å²) in [5.41, 5.74) is 7.73. The summed E-state index contributed by atoms with van der Waals surface area (Å²) in [6, 6.07) is 5.99. The molecular weight excluding hydrogens is 228 g/mol. The fraction of sp³-hybridized carbons (Fsp3) is 0.500. The monoisotopic (exact) mass is 250 g/mol. The summed E-state index contributed by atoms with van der Waals surface area (Å²) < 4.78 is 5.24. The highest BCUT2D eigenvalue weighted by atomic mass is 16.5. The van der Waals surface area contributed by atoms with Gasteiger partial charge in [-0.05, 0) is 37.5 Å². The normalized spacial score (nSPS) is 12.0. The Kier molecular flexibility index (Phi) is 5.65. The highest BCUT2D eigenvalue weighted by Crippen LogP contribution is 2.18. The summed E-state index contributed by atoms with van der Waals surface area (Å²) in [6.07, 6.45) is 1.18. The maximum Gasteiger partial charge on any atom is 0.220 e. The lowest BCUT2D eigenvalue weighted by Gasteiger charge is -2.09. The van der Waals surface area contributed by atoms with E-state index < -0.39 is 0 Å². The van der Waals surface area contributed by atoms with Crippen molar-refractivity contribution >= 4 is 5.91 Å². The molecule has 0 saturated heterocycles. The van der Waals surface area contributed by atoms with Gasteiger partial charge in [0, 0.05) is 19.0 Å². The summed E-state index contributed by atoms with van der Waals surface area (Å²) >= 11 is 0. The molecule has 1 amide bonds. The van der Waals surface area contributed by atoms with Crippen molar-refractivity contribution in [3.05, 3.63) is 29.3 Å². The van der Waals surface area contributed by atoms with Gasteiger partial charge in [-0.2, -0.15) is 0 Å². The van der Waals surface area contributed by atoms with Crippen LogP contribution in [0.5, 0.6) is 5.75 Å². The number of nitrogens with one attached hydrogen (secondary N) is 1. The fourth-order valence-electron chi connectivity index (χ4n) is 1.62. The number of nitrogens with two attached hydrogens (primary N) is 1. The minimum absolute atomic E-state index is 0.0341. The second-order valence-corrected chi connectivity index (χ2v) is 4.60. The molecule has 100 valence electrons. The summed E-state index contributed by atoms with van der Waals surface area (Å²) in [7, 11) is 1.65. The molecule has 0 saturated carbocycles. The molecule has 1 unspecified atom stereocenters. The molecule has 0 aromatic heterocycles. The maximum atomic E-state index is 11.5. The Balaban J connectivity index is 2.46. The summed E-state index contributed by atoms with van der Waals surface area (Å²) in [5.74, 6) is 0.879. The number of benzene rings is 1. The van der Waals surface area contributed by atoms with Crippen LogP contribution in [0.25, 0.3) is 0 Å². The third-order valence-electron chi connectivity index (χ3n) is 2.79. The molecule has 3 N–H and O–H groups in total. The number of carbonyl (C=O) groups is 1. The van der Waals surface area contributed by atoms with Crippen LogP contribution in [0.1, 0.15) is 30.9 Å². The molecule has 1 rings (SSSR count). The molecule has 0 aliphatic carbocycles. The van der Waals surface area contributed by atoms with Crippen LogP contribution in [0.3, 0.4) is 0 Å². The van der Waals surface area contributed by atoms with Crippen LogP contribution < -0.4 is 15.8 Å². The zero-order valence-electron chi connectivity index (χ0n) is 11.3. The largest absolute Gasteiger partial charge is 0.496 e. The standard InChI is InChI=1S/C14H22N2O2/c1-10-4-6-12(8-13(10)18-3)9-16-14(17)7-5-11(2)15/h4,6,8,11H,5,7,9,15H2,1-3H3,(H,16,17). The Morgan fingerprint density at radius 1 is 1.50 bits per heavy atom. The summed E-state index contributed by atoms with van der Waals surface area (Å²) in [6.45, 7) is 4.41. The van der Waals surface area contributed by atoms with E-state index in [4.69, 9.17) is 10.5 Å². The van der Waals surface area contributed by atoms with Gasteiger partial charge in [-0.1, -0.05) is 12.1 Å². The average molecular weight is 250 g/mol. The van der Waals surface area contributed by atoms with Crippen LogP contribution in [-0.4, -0.2) is 19.1 Å². The number of methoxy groups -OCH3 is 1. The predicted molar refractivity (Wildman–Crippen MR) is 72.5 cm³/mol. The third-order valence-corrected chi connectivity index (χ3v) is 2.79. The number of aryl methyl sites for hydroxylation is 1. The van der Waals surface area contributed by atoms with E-state index >= 15 is 0 Å². The lowest BCUT2D eigenvalue weighted by Crippen LogP contribution is -2.25. The Bertz CT molecular complexity index is 403. The lowest BCUT2D eigenvalue weighted by molar-refractivity contribution is -0.121. The van der Waals surface area contributed by atoms with E-state index in [9.17, 15) is 4.79 Å². The first-order valence-electron chi connectivity index (χ1n) is 6.18. The van der Waals surface area contributed by atoms with E-state index in [1.54, 1.807) is 7.11 Å². The zero-order valence-corrected chi connectivity index (χ0v) is 11.3. The van der Waals surface area contributed by atoms with E-state index in [-0.39, 0.29) is 11.9 Å². The van der Waals surface area contributed by atoms with Gasteiger partial charge >= 0.3 is 0 Å². The van der Waals surface area contributed by atoms with E-state index in [1.807, 2.05) is 32.0 Å². The number of hydrogen-bond acceptors (Lipinski definition) is 3. The molecular formula is C14H22N2O2. The molecule has 0 bridgehead atoms. The highest BCUT2D eigenvalue weighted by molar-refractivity contribution is 5.75. The van der Waals surface area contributed by atoms with E-state index in [0.29, 0.717) is 19.4 Å². The minimum Gasteiger partial charge on any atom is -0.496 e. The van der Waals surface area contributed by atoms with E-state index in [1.165, 1.54) is 0 Å². The van der Waals surface area contributed by atoms with Crippen LogP contribution in [0.2, 0.25) is 0 Å². The van der Waals surface area contributed by atoms with Gasteiger partial charge in [0.2, 0.25) is 5.91 Å².